The Balaban J connectivity index is 2.10. The quantitative estimate of drug-likeness (QED) is 0.902. The number of aryl methyl sites for hydroxylation is 3. The van der Waals surface area contributed by atoms with Gasteiger partial charge in [-0.2, -0.15) is 0 Å². The van der Waals surface area contributed by atoms with Crippen LogP contribution in [0, 0.1) is 20.8 Å². The number of anilines is 1. The number of carbonyl (C=O) groups is 1. The summed E-state index contributed by atoms with van der Waals surface area (Å²) in [5, 5.41) is 7.13. The van der Waals surface area contributed by atoms with Gasteiger partial charge in [0.05, 0.1) is 0 Å². The van der Waals surface area contributed by atoms with Gasteiger partial charge in [0.25, 0.3) is 5.91 Å². The van der Waals surface area contributed by atoms with Gasteiger partial charge in [-0.3, -0.25) is 4.79 Å². The number of hydrogen-bond acceptors (Lipinski definition) is 4. The maximum Gasteiger partial charge on any atom is 0.266 e. The monoisotopic (exact) mass is 322 g/mol. The normalized spacial score (nSPS) is 12.0. The number of nitrogens with one attached hydrogen (secondary N) is 1. The van der Waals surface area contributed by atoms with E-state index < -0.39 is 6.10 Å². The molecule has 0 fully saturated rings. The van der Waals surface area contributed by atoms with Crippen molar-refractivity contribution in [1.29, 1.82) is 0 Å². The second kappa shape index (κ2) is 6.83. The lowest BCUT2D eigenvalue weighted by Crippen LogP contribution is -2.32. The Labute approximate surface area is 134 Å². The summed E-state index contributed by atoms with van der Waals surface area (Å²) in [6.45, 7) is 7.45. The van der Waals surface area contributed by atoms with E-state index in [1.807, 2.05) is 32.9 Å². The third-order valence-electron chi connectivity index (χ3n) is 3.23. The van der Waals surface area contributed by atoms with Crippen LogP contribution in [0.2, 0.25) is 5.02 Å². The average Bonchev–Trinajstić information content (AvgIpc) is 2.87. The lowest BCUT2D eigenvalue weighted by molar-refractivity contribution is -0.122. The predicted molar refractivity (Wildman–Crippen MR) is 85.5 cm³/mol. The first-order valence-corrected chi connectivity index (χ1v) is 7.46. The number of carbonyl (C=O) groups excluding carboxylic acids is 1. The molecule has 6 heteroatoms. The number of benzene rings is 1. The van der Waals surface area contributed by atoms with Gasteiger partial charge >= 0.3 is 0 Å². The first-order chi connectivity index (χ1) is 10.4. The maximum absolute atomic E-state index is 12.3. The summed E-state index contributed by atoms with van der Waals surface area (Å²) in [7, 11) is 0. The molecule has 0 aliphatic heterocycles. The van der Waals surface area contributed by atoms with Crippen LogP contribution in [0.25, 0.3) is 0 Å². The molecule has 2 rings (SSSR count). The zero-order chi connectivity index (χ0) is 16.3. The molecule has 1 heterocycles. The molecule has 1 amide bonds. The number of nitrogens with zero attached hydrogens (tertiary/aromatic N) is 1. The number of rotatable bonds is 5. The molecule has 5 nitrogen and oxygen atoms in total. The molecule has 0 unspecified atom stereocenters. The first kappa shape index (κ1) is 16.4. The maximum atomic E-state index is 12.3. The summed E-state index contributed by atoms with van der Waals surface area (Å²) in [6, 6.07) is 5.30. The fourth-order valence-electron chi connectivity index (χ4n) is 2.09. The van der Waals surface area contributed by atoms with E-state index in [0.717, 1.165) is 11.1 Å². The van der Waals surface area contributed by atoms with Gasteiger partial charge in [0, 0.05) is 11.1 Å². The van der Waals surface area contributed by atoms with Gasteiger partial charge in [0.15, 0.2) is 11.9 Å². The Morgan fingerprint density at radius 2 is 1.95 bits per heavy atom. The SMILES string of the molecule is CC[C@H](Oc1cc(C)c(Cl)c(C)c1)C(=O)Nc1cc(C)on1. The molecule has 1 atom stereocenters. The van der Waals surface area contributed by atoms with E-state index in [2.05, 4.69) is 10.5 Å². The molecule has 0 saturated carbocycles. The van der Waals surface area contributed by atoms with Crippen LogP contribution in [0.15, 0.2) is 22.7 Å². The van der Waals surface area contributed by atoms with Gasteiger partial charge in [-0.25, -0.2) is 0 Å². The molecule has 1 N–H and O–H groups in total. The van der Waals surface area contributed by atoms with E-state index in [1.54, 1.807) is 13.0 Å². The second-order valence-corrected chi connectivity index (χ2v) is 5.58. The minimum Gasteiger partial charge on any atom is -0.481 e. The molecule has 1 aromatic heterocycles. The van der Waals surface area contributed by atoms with Crippen LogP contribution in [-0.4, -0.2) is 17.2 Å². The van der Waals surface area contributed by atoms with E-state index in [-0.39, 0.29) is 5.91 Å². The Bertz CT molecular complexity index is 659. The smallest absolute Gasteiger partial charge is 0.266 e. The number of hydrogen-bond donors (Lipinski definition) is 1. The van der Waals surface area contributed by atoms with Crippen molar-refractivity contribution in [2.24, 2.45) is 0 Å². The summed E-state index contributed by atoms with van der Waals surface area (Å²) in [4.78, 5) is 12.3. The molecule has 1 aromatic carbocycles. The molecule has 0 saturated heterocycles. The van der Waals surface area contributed by atoms with Crippen molar-refractivity contribution in [3.8, 4) is 5.75 Å². The lowest BCUT2D eigenvalue weighted by Gasteiger charge is -2.17. The van der Waals surface area contributed by atoms with Crippen molar-refractivity contribution in [2.45, 2.75) is 40.2 Å². The van der Waals surface area contributed by atoms with Crippen molar-refractivity contribution < 1.29 is 14.1 Å². The molecule has 118 valence electrons. The fourth-order valence-corrected chi connectivity index (χ4v) is 2.20. The van der Waals surface area contributed by atoms with E-state index >= 15 is 0 Å². The minimum atomic E-state index is -0.614. The van der Waals surface area contributed by atoms with Gasteiger partial charge in [-0.15, -0.1) is 0 Å². The number of ether oxygens (including phenoxy) is 1. The van der Waals surface area contributed by atoms with Crippen molar-refractivity contribution in [3.63, 3.8) is 0 Å². The van der Waals surface area contributed by atoms with Crippen molar-refractivity contribution >= 4 is 23.3 Å². The topological polar surface area (TPSA) is 64.4 Å². The van der Waals surface area contributed by atoms with Gasteiger partial charge < -0.3 is 14.6 Å². The van der Waals surface area contributed by atoms with Crippen LogP contribution in [0.4, 0.5) is 5.82 Å². The molecule has 0 aliphatic rings. The van der Waals surface area contributed by atoms with Gasteiger partial charge in [-0.1, -0.05) is 23.7 Å². The predicted octanol–water partition coefficient (Wildman–Crippen LogP) is 4.05. The molecule has 2 aromatic rings. The van der Waals surface area contributed by atoms with E-state index in [1.165, 1.54) is 0 Å². The van der Waals surface area contributed by atoms with Gasteiger partial charge in [0.2, 0.25) is 0 Å². The van der Waals surface area contributed by atoms with Gasteiger partial charge in [0.1, 0.15) is 11.5 Å². The molecule has 0 spiro atoms. The summed E-state index contributed by atoms with van der Waals surface area (Å²) in [5.41, 5.74) is 1.83. The summed E-state index contributed by atoms with van der Waals surface area (Å²) < 4.78 is 10.7. The largest absolute Gasteiger partial charge is 0.481 e. The lowest BCUT2D eigenvalue weighted by atomic mass is 10.1. The fraction of sp³-hybridized carbons (Fsp3) is 0.375. The second-order valence-electron chi connectivity index (χ2n) is 5.20. The number of aromatic nitrogens is 1. The van der Waals surface area contributed by atoms with Crippen molar-refractivity contribution in [3.05, 3.63) is 40.1 Å². The van der Waals surface area contributed by atoms with Crippen LogP contribution in [0.3, 0.4) is 0 Å². The molecule has 0 bridgehead atoms. The van der Waals surface area contributed by atoms with E-state index in [9.17, 15) is 4.79 Å². The Hall–Kier alpha value is -2.01. The van der Waals surface area contributed by atoms with Crippen LogP contribution >= 0.6 is 11.6 Å². The highest BCUT2D eigenvalue weighted by Gasteiger charge is 2.20. The molecule has 0 aliphatic carbocycles. The van der Waals surface area contributed by atoms with E-state index in [0.29, 0.717) is 28.8 Å². The standard InChI is InChI=1S/C16H19ClN2O3/c1-5-13(16(20)18-14-8-11(4)22-19-14)21-12-6-9(2)15(17)10(3)7-12/h6-8,13H,5H2,1-4H3,(H,18,19,20)/t13-/m0/s1. The van der Waals surface area contributed by atoms with Crippen LogP contribution in [0.1, 0.15) is 30.2 Å². The minimum absolute atomic E-state index is 0.263. The molecule has 0 radical (unpaired) electrons. The Morgan fingerprint density at radius 3 is 2.45 bits per heavy atom. The van der Waals surface area contributed by atoms with Crippen LogP contribution in [-0.2, 0) is 4.79 Å². The highest BCUT2D eigenvalue weighted by atomic mass is 35.5. The first-order valence-electron chi connectivity index (χ1n) is 7.08. The van der Waals surface area contributed by atoms with Crippen LogP contribution < -0.4 is 10.1 Å². The average molecular weight is 323 g/mol. The molecule has 22 heavy (non-hydrogen) atoms. The number of amides is 1. The van der Waals surface area contributed by atoms with Crippen LogP contribution in [0.5, 0.6) is 5.75 Å². The Morgan fingerprint density at radius 1 is 1.32 bits per heavy atom. The molecular weight excluding hydrogens is 304 g/mol. The molecular formula is C16H19ClN2O3. The van der Waals surface area contributed by atoms with Crippen molar-refractivity contribution in [1.82, 2.24) is 5.16 Å². The number of halogens is 1. The summed E-state index contributed by atoms with van der Waals surface area (Å²) in [5.74, 6) is 1.38. The zero-order valence-electron chi connectivity index (χ0n) is 13.1. The highest BCUT2D eigenvalue weighted by molar-refractivity contribution is 6.32. The highest BCUT2D eigenvalue weighted by Crippen LogP contribution is 2.27. The summed E-state index contributed by atoms with van der Waals surface area (Å²) in [6.07, 6.45) is -0.0828. The summed E-state index contributed by atoms with van der Waals surface area (Å²) >= 11 is 6.14. The third kappa shape index (κ3) is 3.80. The zero-order valence-corrected chi connectivity index (χ0v) is 13.8. The van der Waals surface area contributed by atoms with E-state index in [4.69, 9.17) is 20.9 Å². The Kier molecular flexibility index (Phi) is 5.08. The third-order valence-corrected chi connectivity index (χ3v) is 3.83. The van der Waals surface area contributed by atoms with Gasteiger partial charge in [-0.05, 0) is 50.5 Å². The van der Waals surface area contributed by atoms with Crippen molar-refractivity contribution in [2.75, 3.05) is 5.32 Å².